The summed E-state index contributed by atoms with van der Waals surface area (Å²) in [5, 5.41) is 2.87. The van der Waals surface area contributed by atoms with Gasteiger partial charge in [-0.15, -0.1) is 0 Å². The van der Waals surface area contributed by atoms with Crippen LogP contribution >= 0.6 is 0 Å². The second-order valence-electron chi connectivity index (χ2n) is 8.06. The molecule has 1 aromatic heterocycles. The van der Waals surface area contributed by atoms with E-state index < -0.39 is 17.1 Å². The van der Waals surface area contributed by atoms with Gasteiger partial charge in [-0.05, 0) is 33.6 Å². The van der Waals surface area contributed by atoms with Crippen molar-refractivity contribution < 1.29 is 14.3 Å². The Morgan fingerprint density at radius 2 is 1.83 bits per heavy atom. The SMILES string of the molecule is CC(C)(C)OC(=O)N1CCC(NC(=O)c2cnc(-c3ccccc3)[nH]c2=O)CC1. The Kier molecular flexibility index (Phi) is 6.00. The van der Waals surface area contributed by atoms with Gasteiger partial charge in [-0.2, -0.15) is 0 Å². The molecule has 0 unspecified atom stereocenters. The summed E-state index contributed by atoms with van der Waals surface area (Å²) in [7, 11) is 0. The number of aromatic nitrogens is 2. The second kappa shape index (κ2) is 8.46. The number of nitrogens with one attached hydrogen (secondary N) is 2. The number of amides is 2. The minimum Gasteiger partial charge on any atom is -0.444 e. The van der Waals surface area contributed by atoms with E-state index in [4.69, 9.17) is 4.74 Å². The lowest BCUT2D eigenvalue weighted by Crippen LogP contribution is -2.48. The van der Waals surface area contributed by atoms with Crippen LogP contribution < -0.4 is 10.9 Å². The molecule has 0 spiro atoms. The van der Waals surface area contributed by atoms with Crippen molar-refractivity contribution in [2.45, 2.75) is 45.3 Å². The summed E-state index contributed by atoms with van der Waals surface area (Å²) >= 11 is 0. The number of hydrogen-bond acceptors (Lipinski definition) is 5. The van der Waals surface area contributed by atoms with Crippen LogP contribution in [-0.2, 0) is 4.74 Å². The predicted molar refractivity (Wildman–Crippen MR) is 109 cm³/mol. The molecule has 8 nitrogen and oxygen atoms in total. The lowest BCUT2D eigenvalue weighted by molar-refractivity contribution is 0.0199. The number of aromatic amines is 1. The van der Waals surface area contributed by atoms with Crippen LogP contribution in [-0.4, -0.2) is 51.6 Å². The zero-order chi connectivity index (χ0) is 21.0. The molecule has 2 aromatic rings. The molecule has 2 N–H and O–H groups in total. The standard InChI is InChI=1S/C21H26N4O4/c1-21(2,3)29-20(28)25-11-9-15(10-12-25)23-18(26)16-13-22-17(24-19(16)27)14-7-5-4-6-8-14/h4-8,13,15H,9-12H2,1-3H3,(H,23,26)(H,22,24,27). The average Bonchev–Trinajstić information content (AvgIpc) is 2.67. The number of nitrogens with zero attached hydrogens (tertiary/aromatic N) is 2. The van der Waals surface area contributed by atoms with Gasteiger partial charge >= 0.3 is 6.09 Å². The van der Waals surface area contributed by atoms with Gasteiger partial charge in [0.1, 0.15) is 17.0 Å². The minimum atomic E-state index is -0.540. The Labute approximate surface area is 169 Å². The van der Waals surface area contributed by atoms with Gasteiger partial charge in [0.05, 0.1) is 0 Å². The molecule has 0 saturated carbocycles. The van der Waals surface area contributed by atoms with Gasteiger partial charge in [0.15, 0.2) is 0 Å². The Balaban J connectivity index is 1.58. The van der Waals surface area contributed by atoms with Crippen molar-refractivity contribution >= 4 is 12.0 Å². The Morgan fingerprint density at radius 1 is 1.17 bits per heavy atom. The molecule has 0 bridgehead atoms. The Morgan fingerprint density at radius 3 is 2.41 bits per heavy atom. The van der Waals surface area contributed by atoms with Crippen molar-refractivity contribution in [2.24, 2.45) is 0 Å². The number of piperidine rings is 1. The molecule has 1 fully saturated rings. The van der Waals surface area contributed by atoms with Crippen LogP contribution in [0.4, 0.5) is 4.79 Å². The third kappa shape index (κ3) is 5.43. The lowest BCUT2D eigenvalue weighted by atomic mass is 10.0. The van der Waals surface area contributed by atoms with Crippen molar-refractivity contribution in [1.82, 2.24) is 20.2 Å². The fourth-order valence-corrected chi connectivity index (χ4v) is 3.10. The zero-order valence-corrected chi connectivity index (χ0v) is 16.9. The zero-order valence-electron chi connectivity index (χ0n) is 16.9. The van der Waals surface area contributed by atoms with E-state index in [1.807, 2.05) is 51.1 Å². The van der Waals surface area contributed by atoms with E-state index in [0.717, 1.165) is 5.56 Å². The number of carbonyl (C=O) groups is 2. The highest BCUT2D eigenvalue weighted by Gasteiger charge is 2.28. The first-order valence-corrected chi connectivity index (χ1v) is 9.66. The predicted octanol–water partition coefficient (Wildman–Crippen LogP) is 2.57. The summed E-state index contributed by atoms with van der Waals surface area (Å²) in [6.45, 7) is 6.45. The molecule has 3 rings (SSSR count). The molecule has 0 atom stereocenters. The normalized spacial score (nSPS) is 15.1. The molecule has 154 valence electrons. The molecule has 1 aliphatic heterocycles. The third-order valence-electron chi connectivity index (χ3n) is 4.57. The molecule has 0 radical (unpaired) electrons. The van der Waals surface area contributed by atoms with E-state index in [9.17, 15) is 14.4 Å². The summed E-state index contributed by atoms with van der Waals surface area (Å²) in [5.41, 5.74) is -0.282. The van der Waals surface area contributed by atoms with E-state index in [0.29, 0.717) is 31.8 Å². The van der Waals surface area contributed by atoms with Crippen molar-refractivity contribution in [1.29, 1.82) is 0 Å². The number of benzene rings is 1. The highest BCUT2D eigenvalue weighted by Crippen LogP contribution is 2.16. The molecule has 1 saturated heterocycles. The van der Waals surface area contributed by atoms with Gasteiger partial charge in [-0.3, -0.25) is 9.59 Å². The first-order chi connectivity index (χ1) is 13.7. The molecule has 2 heterocycles. The van der Waals surface area contributed by atoms with Crippen LogP contribution in [0.5, 0.6) is 0 Å². The molecule has 1 aliphatic rings. The van der Waals surface area contributed by atoms with Crippen LogP contribution in [0.3, 0.4) is 0 Å². The van der Waals surface area contributed by atoms with Gasteiger partial charge in [0.2, 0.25) is 0 Å². The van der Waals surface area contributed by atoms with Crippen molar-refractivity contribution in [2.75, 3.05) is 13.1 Å². The van der Waals surface area contributed by atoms with E-state index in [2.05, 4.69) is 15.3 Å². The molecule has 8 heteroatoms. The van der Waals surface area contributed by atoms with Crippen LogP contribution in [0, 0.1) is 0 Å². The van der Waals surface area contributed by atoms with Crippen molar-refractivity contribution in [3.05, 3.63) is 52.4 Å². The first-order valence-electron chi connectivity index (χ1n) is 9.66. The monoisotopic (exact) mass is 398 g/mol. The number of carbonyl (C=O) groups excluding carboxylic acids is 2. The second-order valence-corrected chi connectivity index (χ2v) is 8.06. The maximum Gasteiger partial charge on any atom is 0.410 e. The third-order valence-corrected chi connectivity index (χ3v) is 4.57. The molecule has 2 amide bonds. The van der Waals surface area contributed by atoms with Gasteiger partial charge in [0.25, 0.3) is 11.5 Å². The number of hydrogen-bond donors (Lipinski definition) is 2. The summed E-state index contributed by atoms with van der Waals surface area (Å²) in [6.07, 6.45) is 2.14. The van der Waals surface area contributed by atoms with E-state index in [1.54, 1.807) is 4.90 Å². The van der Waals surface area contributed by atoms with Gasteiger partial charge in [-0.25, -0.2) is 9.78 Å². The molecule has 0 aliphatic carbocycles. The van der Waals surface area contributed by atoms with Gasteiger partial charge in [0, 0.05) is 30.9 Å². The largest absolute Gasteiger partial charge is 0.444 e. The van der Waals surface area contributed by atoms with E-state index in [1.165, 1.54) is 6.20 Å². The van der Waals surface area contributed by atoms with Crippen molar-refractivity contribution in [3.8, 4) is 11.4 Å². The first kappa shape index (κ1) is 20.6. The molecular formula is C21H26N4O4. The number of ether oxygens (including phenoxy) is 1. The average molecular weight is 398 g/mol. The maximum atomic E-state index is 12.5. The van der Waals surface area contributed by atoms with Crippen LogP contribution in [0.2, 0.25) is 0 Å². The smallest absolute Gasteiger partial charge is 0.410 e. The highest BCUT2D eigenvalue weighted by atomic mass is 16.6. The number of H-pyrrole nitrogens is 1. The Hall–Kier alpha value is -3.16. The summed E-state index contributed by atoms with van der Waals surface area (Å²) in [5.74, 6) is -0.0492. The van der Waals surface area contributed by atoms with Crippen LogP contribution in [0.25, 0.3) is 11.4 Å². The molecule has 1 aromatic carbocycles. The number of rotatable bonds is 3. The van der Waals surface area contributed by atoms with Crippen molar-refractivity contribution in [3.63, 3.8) is 0 Å². The fraction of sp³-hybridized carbons (Fsp3) is 0.429. The Bertz CT molecular complexity index is 926. The summed E-state index contributed by atoms with van der Waals surface area (Å²) < 4.78 is 5.37. The summed E-state index contributed by atoms with van der Waals surface area (Å²) in [4.78, 5) is 45.5. The lowest BCUT2D eigenvalue weighted by Gasteiger charge is -2.33. The van der Waals surface area contributed by atoms with Gasteiger partial charge < -0.3 is 19.9 Å². The van der Waals surface area contributed by atoms with Crippen LogP contribution in [0.1, 0.15) is 44.0 Å². The number of likely N-dealkylation sites (tertiary alicyclic amines) is 1. The van der Waals surface area contributed by atoms with E-state index in [-0.39, 0.29) is 17.7 Å². The van der Waals surface area contributed by atoms with E-state index >= 15 is 0 Å². The highest BCUT2D eigenvalue weighted by molar-refractivity contribution is 5.93. The molecular weight excluding hydrogens is 372 g/mol. The fourth-order valence-electron chi connectivity index (χ4n) is 3.10. The van der Waals surface area contributed by atoms with Crippen LogP contribution in [0.15, 0.2) is 41.3 Å². The topological polar surface area (TPSA) is 104 Å². The minimum absolute atomic E-state index is 0.0285. The quantitative estimate of drug-likeness (QED) is 0.827. The van der Waals surface area contributed by atoms with Gasteiger partial charge in [-0.1, -0.05) is 30.3 Å². The maximum absolute atomic E-state index is 12.5. The summed E-state index contributed by atoms with van der Waals surface area (Å²) in [6, 6.07) is 9.11. The molecule has 29 heavy (non-hydrogen) atoms.